The Bertz CT molecular complexity index is 391. The van der Waals surface area contributed by atoms with E-state index in [-0.39, 0.29) is 0 Å². The van der Waals surface area contributed by atoms with Gasteiger partial charge in [0.2, 0.25) is 0 Å². The minimum atomic E-state index is 0.389. The van der Waals surface area contributed by atoms with E-state index in [1.54, 1.807) is 0 Å². The number of aliphatic imine (C=N–C) groups is 1. The van der Waals surface area contributed by atoms with Crippen LogP contribution >= 0.6 is 0 Å². The maximum absolute atomic E-state index is 7.36. The van der Waals surface area contributed by atoms with Crippen LogP contribution in [0, 0.1) is 23.2 Å². The number of amidine groups is 1. The first-order valence-electron chi connectivity index (χ1n) is 7.08. The van der Waals surface area contributed by atoms with Gasteiger partial charge in [-0.2, -0.15) is 0 Å². The van der Waals surface area contributed by atoms with E-state index in [1.807, 2.05) is 32.0 Å². The molecule has 0 aliphatic heterocycles. The first kappa shape index (κ1) is 18.4. The summed E-state index contributed by atoms with van der Waals surface area (Å²) in [6, 6.07) is 0. The molecular weight excluding hydrogens is 248 g/mol. The van der Waals surface area contributed by atoms with E-state index in [2.05, 4.69) is 32.3 Å². The smallest absolute Gasteiger partial charge is 0.101 e. The van der Waals surface area contributed by atoms with Crippen molar-refractivity contribution in [1.82, 2.24) is 4.90 Å². The lowest BCUT2D eigenvalue weighted by Gasteiger charge is -2.25. The van der Waals surface area contributed by atoms with Crippen molar-refractivity contribution in [2.75, 3.05) is 14.1 Å². The molecular formula is C16H30N4. The van der Waals surface area contributed by atoms with E-state index in [0.29, 0.717) is 23.5 Å². The summed E-state index contributed by atoms with van der Waals surface area (Å²) in [6.07, 6.45) is 3.93. The highest BCUT2D eigenvalue weighted by Gasteiger charge is 2.19. The lowest BCUT2D eigenvalue weighted by molar-refractivity contribution is 0.331. The summed E-state index contributed by atoms with van der Waals surface area (Å²) in [6.45, 7) is 12.4. The van der Waals surface area contributed by atoms with Gasteiger partial charge in [-0.3, -0.25) is 0 Å². The summed E-state index contributed by atoms with van der Waals surface area (Å²) in [5, 5.41) is 7.36. The van der Waals surface area contributed by atoms with Gasteiger partial charge in [0.25, 0.3) is 0 Å². The van der Waals surface area contributed by atoms with Gasteiger partial charge in [-0.15, -0.1) is 6.58 Å². The quantitative estimate of drug-likeness (QED) is 0.426. The Morgan fingerprint density at radius 3 is 2.25 bits per heavy atom. The third-order valence-corrected chi connectivity index (χ3v) is 3.65. The molecule has 0 bridgehead atoms. The minimum Gasteiger partial charge on any atom is -0.396 e. The summed E-state index contributed by atoms with van der Waals surface area (Å²) in [5.41, 5.74) is 7.14. The van der Waals surface area contributed by atoms with Crippen LogP contribution in [0.4, 0.5) is 0 Å². The fourth-order valence-corrected chi connectivity index (χ4v) is 2.21. The number of allylic oxidation sites excluding steroid dienone is 3. The maximum Gasteiger partial charge on any atom is 0.101 e. The standard InChI is InChI=1S/C16H30N4/c1-8-14(11(2)3)12(4)9-16(15(18)10-17)19-13(5)20(6)7/h8,10-12,14,17H,1,9,18H2,2-7H3/b16-15+,17-10?,19-13?. The summed E-state index contributed by atoms with van der Waals surface area (Å²) >= 11 is 0. The van der Waals surface area contributed by atoms with Gasteiger partial charge >= 0.3 is 0 Å². The largest absolute Gasteiger partial charge is 0.396 e. The van der Waals surface area contributed by atoms with Crippen molar-refractivity contribution in [3.05, 3.63) is 24.0 Å². The number of rotatable bonds is 7. The zero-order chi connectivity index (χ0) is 15.9. The molecule has 0 amide bonds. The van der Waals surface area contributed by atoms with E-state index >= 15 is 0 Å². The first-order chi connectivity index (χ1) is 9.24. The van der Waals surface area contributed by atoms with Crippen molar-refractivity contribution >= 4 is 12.1 Å². The molecule has 114 valence electrons. The van der Waals surface area contributed by atoms with Crippen LogP contribution in [0.1, 0.15) is 34.1 Å². The molecule has 0 fully saturated rings. The highest BCUT2D eigenvalue weighted by molar-refractivity contribution is 5.82. The third kappa shape index (κ3) is 5.59. The van der Waals surface area contributed by atoms with Gasteiger partial charge in [0.15, 0.2) is 0 Å². The third-order valence-electron chi connectivity index (χ3n) is 3.65. The summed E-state index contributed by atoms with van der Waals surface area (Å²) in [4.78, 5) is 6.51. The molecule has 4 nitrogen and oxygen atoms in total. The Balaban J connectivity index is 5.27. The normalized spacial score (nSPS) is 16.4. The Labute approximate surface area is 124 Å². The molecule has 0 aromatic carbocycles. The van der Waals surface area contributed by atoms with Gasteiger partial charge in [-0.25, -0.2) is 4.99 Å². The number of nitrogens with zero attached hydrogens (tertiary/aromatic N) is 2. The van der Waals surface area contributed by atoms with Crippen LogP contribution in [0.5, 0.6) is 0 Å². The second-order valence-corrected chi connectivity index (χ2v) is 5.84. The Hall–Kier alpha value is -1.58. The lowest BCUT2D eigenvalue weighted by atomic mass is 9.82. The van der Waals surface area contributed by atoms with Gasteiger partial charge in [-0.05, 0) is 31.1 Å². The molecule has 0 rings (SSSR count). The van der Waals surface area contributed by atoms with E-state index in [4.69, 9.17) is 11.1 Å². The average molecular weight is 278 g/mol. The van der Waals surface area contributed by atoms with Crippen LogP contribution < -0.4 is 5.73 Å². The summed E-state index contributed by atoms with van der Waals surface area (Å²) in [5.74, 6) is 2.22. The Morgan fingerprint density at radius 1 is 1.35 bits per heavy atom. The summed E-state index contributed by atoms with van der Waals surface area (Å²) in [7, 11) is 3.89. The van der Waals surface area contributed by atoms with Gasteiger partial charge < -0.3 is 16.0 Å². The zero-order valence-electron chi connectivity index (χ0n) is 13.8. The van der Waals surface area contributed by atoms with Crippen molar-refractivity contribution in [3.8, 4) is 0 Å². The molecule has 0 aliphatic carbocycles. The van der Waals surface area contributed by atoms with Crippen molar-refractivity contribution in [2.24, 2.45) is 28.5 Å². The van der Waals surface area contributed by atoms with Crippen LogP contribution in [-0.4, -0.2) is 31.0 Å². The van der Waals surface area contributed by atoms with Crippen LogP contribution in [0.25, 0.3) is 0 Å². The monoisotopic (exact) mass is 278 g/mol. The Morgan fingerprint density at radius 2 is 1.90 bits per heavy atom. The lowest BCUT2D eigenvalue weighted by Crippen LogP contribution is -2.21. The van der Waals surface area contributed by atoms with Gasteiger partial charge in [-0.1, -0.05) is 26.8 Å². The highest BCUT2D eigenvalue weighted by atomic mass is 15.1. The van der Waals surface area contributed by atoms with Crippen LogP contribution in [0.15, 0.2) is 29.0 Å². The summed E-state index contributed by atoms with van der Waals surface area (Å²) < 4.78 is 0. The maximum atomic E-state index is 7.36. The predicted molar refractivity (Wildman–Crippen MR) is 89.1 cm³/mol. The first-order valence-corrected chi connectivity index (χ1v) is 7.08. The van der Waals surface area contributed by atoms with E-state index in [9.17, 15) is 0 Å². The fraction of sp³-hybridized carbons (Fsp3) is 0.625. The van der Waals surface area contributed by atoms with Crippen LogP contribution in [0.3, 0.4) is 0 Å². The van der Waals surface area contributed by atoms with E-state index in [0.717, 1.165) is 18.0 Å². The molecule has 3 N–H and O–H groups in total. The molecule has 0 radical (unpaired) electrons. The molecule has 20 heavy (non-hydrogen) atoms. The molecule has 0 spiro atoms. The molecule has 0 aliphatic rings. The SMILES string of the molecule is C=CC(C(C)C)C(C)C/C(N=C(C)N(C)C)=C(\N)C=N. The minimum absolute atomic E-state index is 0.389. The highest BCUT2D eigenvalue weighted by Crippen LogP contribution is 2.28. The second kappa shape index (κ2) is 8.56. The van der Waals surface area contributed by atoms with Gasteiger partial charge in [0, 0.05) is 20.3 Å². The van der Waals surface area contributed by atoms with Gasteiger partial charge in [0.05, 0.1) is 11.4 Å². The van der Waals surface area contributed by atoms with Crippen molar-refractivity contribution in [1.29, 1.82) is 5.41 Å². The van der Waals surface area contributed by atoms with Crippen LogP contribution in [0.2, 0.25) is 0 Å². The van der Waals surface area contributed by atoms with Crippen molar-refractivity contribution in [3.63, 3.8) is 0 Å². The van der Waals surface area contributed by atoms with E-state index in [1.165, 1.54) is 6.21 Å². The zero-order valence-corrected chi connectivity index (χ0v) is 13.8. The average Bonchev–Trinajstić information content (AvgIpc) is 2.36. The molecule has 0 aromatic rings. The number of hydrogen-bond donors (Lipinski definition) is 2. The topological polar surface area (TPSA) is 65.5 Å². The molecule has 4 heteroatoms. The molecule has 2 unspecified atom stereocenters. The molecule has 0 saturated heterocycles. The number of hydrogen-bond acceptors (Lipinski definition) is 3. The molecule has 2 atom stereocenters. The predicted octanol–water partition coefficient (Wildman–Crippen LogP) is 3.27. The number of nitrogens with one attached hydrogen (secondary N) is 1. The molecule has 0 heterocycles. The Kier molecular flexibility index (Phi) is 7.89. The fourth-order valence-electron chi connectivity index (χ4n) is 2.21. The van der Waals surface area contributed by atoms with Crippen molar-refractivity contribution in [2.45, 2.75) is 34.1 Å². The number of nitrogens with two attached hydrogens (primary N) is 1. The molecule has 0 saturated carbocycles. The second-order valence-electron chi connectivity index (χ2n) is 5.84. The van der Waals surface area contributed by atoms with E-state index < -0.39 is 0 Å². The van der Waals surface area contributed by atoms with Crippen LogP contribution in [-0.2, 0) is 0 Å². The molecule has 0 aromatic heterocycles. The van der Waals surface area contributed by atoms with Gasteiger partial charge in [0.1, 0.15) is 5.84 Å². The van der Waals surface area contributed by atoms with Crippen molar-refractivity contribution < 1.29 is 0 Å².